The fraction of sp³-hybridized carbons (Fsp3) is 0.200. The highest BCUT2D eigenvalue weighted by molar-refractivity contribution is 6.30. The summed E-state index contributed by atoms with van der Waals surface area (Å²) >= 11 is 5.93. The average Bonchev–Trinajstić information content (AvgIpc) is 2.64. The Bertz CT molecular complexity index is 981. The van der Waals surface area contributed by atoms with Gasteiger partial charge in [0.25, 0.3) is 5.56 Å². The van der Waals surface area contributed by atoms with E-state index in [0.29, 0.717) is 17.4 Å². The lowest BCUT2D eigenvalue weighted by Gasteiger charge is -2.27. The monoisotopic (exact) mass is 367 g/mol. The first-order valence-electron chi connectivity index (χ1n) is 8.47. The van der Waals surface area contributed by atoms with Crippen molar-refractivity contribution in [1.82, 2.24) is 14.9 Å². The summed E-state index contributed by atoms with van der Waals surface area (Å²) in [6, 6.07) is 14.4. The highest BCUT2D eigenvalue weighted by Crippen LogP contribution is 2.21. The van der Waals surface area contributed by atoms with Gasteiger partial charge in [0.2, 0.25) is 0 Å². The van der Waals surface area contributed by atoms with Gasteiger partial charge in [-0.15, -0.1) is 0 Å². The van der Waals surface area contributed by atoms with Gasteiger partial charge in [0, 0.05) is 36.6 Å². The molecule has 2 aromatic carbocycles. The first-order chi connectivity index (χ1) is 12.6. The molecule has 2 heterocycles. The van der Waals surface area contributed by atoms with Gasteiger partial charge in [0.1, 0.15) is 11.6 Å². The standard InChI is InChI=1S/C20H18ClN3O2/c21-15-5-3-14(4-6-15)19-22-18-9-10-24(12-17(18)20(26)23-19)11-13-1-7-16(25)8-2-13/h1-8,25H,9-12H2,(H,22,23,26). The maximum atomic E-state index is 12.6. The third-order valence-corrected chi connectivity index (χ3v) is 4.86. The lowest BCUT2D eigenvalue weighted by molar-refractivity contribution is 0.242. The molecule has 0 bridgehead atoms. The van der Waals surface area contributed by atoms with E-state index < -0.39 is 0 Å². The molecular formula is C20H18ClN3O2. The number of benzene rings is 2. The summed E-state index contributed by atoms with van der Waals surface area (Å²) in [5.41, 5.74) is 3.46. The number of fused-ring (bicyclic) bond motifs is 1. The fourth-order valence-electron chi connectivity index (χ4n) is 3.22. The molecule has 4 rings (SSSR count). The summed E-state index contributed by atoms with van der Waals surface area (Å²) in [6.07, 6.45) is 0.734. The molecule has 0 spiro atoms. The molecule has 6 heteroatoms. The van der Waals surface area contributed by atoms with Gasteiger partial charge >= 0.3 is 0 Å². The third kappa shape index (κ3) is 3.49. The van der Waals surface area contributed by atoms with Crippen LogP contribution in [0, 0.1) is 0 Å². The summed E-state index contributed by atoms with van der Waals surface area (Å²) in [6.45, 7) is 2.14. The normalized spacial score (nSPS) is 14.2. The fourth-order valence-corrected chi connectivity index (χ4v) is 3.35. The zero-order chi connectivity index (χ0) is 18.1. The van der Waals surface area contributed by atoms with Crippen LogP contribution in [0.3, 0.4) is 0 Å². The quantitative estimate of drug-likeness (QED) is 0.744. The molecule has 3 aromatic rings. The first kappa shape index (κ1) is 16.8. The molecule has 0 radical (unpaired) electrons. The van der Waals surface area contributed by atoms with Crippen LogP contribution in [0.5, 0.6) is 5.75 Å². The number of hydrogen-bond donors (Lipinski definition) is 2. The number of nitrogens with zero attached hydrogens (tertiary/aromatic N) is 2. The van der Waals surface area contributed by atoms with Crippen molar-refractivity contribution >= 4 is 11.6 Å². The van der Waals surface area contributed by atoms with Gasteiger partial charge in [0.05, 0.1) is 11.3 Å². The van der Waals surface area contributed by atoms with Crippen molar-refractivity contribution < 1.29 is 5.11 Å². The predicted octanol–water partition coefficient (Wildman–Crippen LogP) is 3.35. The van der Waals surface area contributed by atoms with Gasteiger partial charge in [-0.3, -0.25) is 9.69 Å². The van der Waals surface area contributed by atoms with Crippen LogP contribution in [0.15, 0.2) is 53.3 Å². The van der Waals surface area contributed by atoms with Gasteiger partial charge < -0.3 is 10.1 Å². The molecule has 1 aromatic heterocycles. The van der Waals surface area contributed by atoms with Crippen molar-refractivity contribution in [3.8, 4) is 17.1 Å². The summed E-state index contributed by atoms with van der Waals surface area (Å²) < 4.78 is 0. The van der Waals surface area contributed by atoms with Crippen molar-refractivity contribution in [1.29, 1.82) is 0 Å². The highest BCUT2D eigenvalue weighted by atomic mass is 35.5. The van der Waals surface area contributed by atoms with E-state index in [2.05, 4.69) is 14.9 Å². The minimum atomic E-state index is -0.0876. The van der Waals surface area contributed by atoms with Crippen molar-refractivity contribution in [2.24, 2.45) is 0 Å². The largest absolute Gasteiger partial charge is 0.508 e. The number of aromatic amines is 1. The Labute approximate surface area is 155 Å². The van der Waals surface area contributed by atoms with Crippen LogP contribution in [0.4, 0.5) is 0 Å². The molecule has 5 nitrogen and oxygen atoms in total. The van der Waals surface area contributed by atoms with Gasteiger partial charge in [-0.05, 0) is 42.0 Å². The zero-order valence-corrected chi connectivity index (χ0v) is 14.8. The maximum Gasteiger partial charge on any atom is 0.255 e. The average molecular weight is 368 g/mol. The number of halogens is 1. The maximum absolute atomic E-state index is 12.6. The second-order valence-corrected chi connectivity index (χ2v) is 6.91. The molecule has 0 aliphatic carbocycles. The van der Waals surface area contributed by atoms with Crippen molar-refractivity contribution in [2.45, 2.75) is 19.5 Å². The Morgan fingerprint density at radius 2 is 1.85 bits per heavy atom. The molecule has 0 unspecified atom stereocenters. The van der Waals surface area contributed by atoms with E-state index >= 15 is 0 Å². The Balaban J connectivity index is 1.57. The third-order valence-electron chi connectivity index (χ3n) is 4.61. The van der Waals surface area contributed by atoms with E-state index in [4.69, 9.17) is 11.6 Å². The topological polar surface area (TPSA) is 69.2 Å². The molecule has 1 aliphatic rings. The molecule has 2 N–H and O–H groups in total. The highest BCUT2D eigenvalue weighted by Gasteiger charge is 2.21. The second-order valence-electron chi connectivity index (χ2n) is 6.47. The zero-order valence-electron chi connectivity index (χ0n) is 14.1. The van der Waals surface area contributed by atoms with Crippen LogP contribution in [-0.2, 0) is 19.5 Å². The summed E-state index contributed by atoms with van der Waals surface area (Å²) in [5, 5.41) is 10.0. The number of phenolic OH excluding ortho intramolecular Hbond substituents is 1. The lowest BCUT2D eigenvalue weighted by atomic mass is 10.1. The summed E-state index contributed by atoms with van der Waals surface area (Å²) in [5.74, 6) is 0.838. The number of hydrogen-bond acceptors (Lipinski definition) is 4. The van der Waals surface area contributed by atoms with Gasteiger partial charge in [0.15, 0.2) is 0 Å². The predicted molar refractivity (Wildman–Crippen MR) is 101 cm³/mol. The minimum absolute atomic E-state index is 0.0876. The van der Waals surface area contributed by atoms with E-state index in [1.165, 1.54) is 0 Å². The Morgan fingerprint density at radius 1 is 1.12 bits per heavy atom. The van der Waals surface area contributed by atoms with E-state index in [1.807, 2.05) is 24.3 Å². The smallest absolute Gasteiger partial charge is 0.255 e. The minimum Gasteiger partial charge on any atom is -0.508 e. The molecule has 0 amide bonds. The van der Waals surface area contributed by atoms with Crippen molar-refractivity contribution in [3.63, 3.8) is 0 Å². The van der Waals surface area contributed by atoms with Crippen LogP contribution in [0.2, 0.25) is 5.02 Å². The van der Waals surface area contributed by atoms with Gasteiger partial charge in [-0.25, -0.2) is 4.98 Å². The van der Waals surface area contributed by atoms with Crippen LogP contribution in [0.1, 0.15) is 16.8 Å². The van der Waals surface area contributed by atoms with Crippen molar-refractivity contribution in [3.05, 3.63) is 80.7 Å². The molecule has 132 valence electrons. The molecule has 26 heavy (non-hydrogen) atoms. The van der Waals surface area contributed by atoms with E-state index in [-0.39, 0.29) is 11.3 Å². The second kappa shape index (κ2) is 6.94. The van der Waals surface area contributed by atoms with Gasteiger partial charge in [-0.1, -0.05) is 23.7 Å². The molecular weight excluding hydrogens is 350 g/mol. The summed E-state index contributed by atoms with van der Waals surface area (Å²) in [7, 11) is 0. The Morgan fingerprint density at radius 3 is 2.58 bits per heavy atom. The molecule has 1 aliphatic heterocycles. The van der Waals surface area contributed by atoms with E-state index in [1.54, 1.807) is 24.3 Å². The molecule has 0 fully saturated rings. The Hall–Kier alpha value is -2.63. The van der Waals surface area contributed by atoms with Crippen LogP contribution in [0.25, 0.3) is 11.4 Å². The first-order valence-corrected chi connectivity index (χ1v) is 8.84. The molecule has 0 saturated heterocycles. The molecule has 0 saturated carbocycles. The van der Waals surface area contributed by atoms with Crippen molar-refractivity contribution in [2.75, 3.05) is 6.54 Å². The molecule has 0 atom stereocenters. The Kier molecular flexibility index (Phi) is 4.49. The lowest BCUT2D eigenvalue weighted by Crippen LogP contribution is -2.35. The number of aromatic hydroxyl groups is 1. The summed E-state index contributed by atoms with van der Waals surface area (Å²) in [4.78, 5) is 22.4. The number of rotatable bonds is 3. The number of aromatic nitrogens is 2. The van der Waals surface area contributed by atoms with Crippen LogP contribution >= 0.6 is 11.6 Å². The SMILES string of the molecule is O=c1[nH]c(-c2ccc(Cl)cc2)nc2c1CN(Cc1ccc(O)cc1)CC2. The number of phenols is 1. The van der Waals surface area contributed by atoms with E-state index in [0.717, 1.165) is 41.9 Å². The van der Waals surface area contributed by atoms with Crippen LogP contribution in [-0.4, -0.2) is 26.5 Å². The van der Waals surface area contributed by atoms with E-state index in [9.17, 15) is 9.90 Å². The van der Waals surface area contributed by atoms with Crippen LogP contribution < -0.4 is 5.56 Å². The number of H-pyrrole nitrogens is 1. The number of nitrogens with one attached hydrogen (secondary N) is 1. The van der Waals surface area contributed by atoms with Gasteiger partial charge in [-0.2, -0.15) is 0 Å².